The molecule has 0 bridgehead atoms. The minimum absolute atomic E-state index is 0.158. The van der Waals surface area contributed by atoms with Crippen LogP contribution in [0.15, 0.2) is 35.1 Å². The summed E-state index contributed by atoms with van der Waals surface area (Å²) in [5, 5.41) is 7.84. The average molecular weight is 396 g/mol. The van der Waals surface area contributed by atoms with Gasteiger partial charge in [0, 0.05) is 17.7 Å². The van der Waals surface area contributed by atoms with Crippen LogP contribution in [0, 0.1) is 12.8 Å². The lowest BCUT2D eigenvalue weighted by molar-refractivity contribution is 0.0961. The molecule has 2 heterocycles. The third-order valence-electron chi connectivity index (χ3n) is 3.51. The van der Waals surface area contributed by atoms with Gasteiger partial charge in [-0.15, -0.1) is 0 Å². The van der Waals surface area contributed by atoms with Crippen molar-refractivity contribution in [2.75, 3.05) is 5.32 Å². The van der Waals surface area contributed by atoms with Crippen molar-refractivity contribution >= 4 is 51.3 Å². The molecule has 0 saturated carbocycles. The Morgan fingerprint density at radius 2 is 2.16 bits per heavy atom. The standard InChI is InChI=1S/C16H15Cl2N5OS/c1-8-4-3-5-10(17)14(8)23-15(24)16-19-7-13(25-16)22-12-6-11(18)20-9(2)21-12/h3,5-8H,4H2,1-2H3,(H,23,24)(H,20,21,22). The first-order valence-electron chi connectivity index (χ1n) is 7.54. The number of carbonyl (C=O) groups excluding carboxylic acids is 1. The lowest BCUT2D eigenvalue weighted by Crippen LogP contribution is -2.27. The topological polar surface area (TPSA) is 79.8 Å². The van der Waals surface area contributed by atoms with Crippen LogP contribution in [0.4, 0.5) is 10.8 Å². The summed E-state index contributed by atoms with van der Waals surface area (Å²) >= 11 is 13.3. The van der Waals surface area contributed by atoms with Gasteiger partial charge in [0.1, 0.15) is 21.8 Å². The van der Waals surface area contributed by atoms with Crippen molar-refractivity contribution in [2.24, 2.45) is 5.92 Å². The highest BCUT2D eigenvalue weighted by Crippen LogP contribution is 2.27. The fourth-order valence-corrected chi connectivity index (χ4v) is 3.60. The molecule has 25 heavy (non-hydrogen) atoms. The van der Waals surface area contributed by atoms with Gasteiger partial charge in [0.25, 0.3) is 5.91 Å². The molecule has 0 radical (unpaired) electrons. The molecule has 1 amide bonds. The lowest BCUT2D eigenvalue weighted by atomic mass is 9.99. The number of rotatable bonds is 4. The molecule has 9 heteroatoms. The molecule has 6 nitrogen and oxygen atoms in total. The smallest absolute Gasteiger partial charge is 0.284 e. The van der Waals surface area contributed by atoms with Gasteiger partial charge in [0.2, 0.25) is 0 Å². The SMILES string of the molecule is Cc1nc(Cl)cc(Nc2cnc(C(=O)NC3=C(Cl)C=CCC3C)s2)n1. The van der Waals surface area contributed by atoms with E-state index in [2.05, 4.69) is 25.6 Å². The molecule has 2 aromatic heterocycles. The maximum absolute atomic E-state index is 12.4. The quantitative estimate of drug-likeness (QED) is 0.749. The fraction of sp³-hybridized carbons (Fsp3) is 0.250. The molecular formula is C16H15Cl2N5OS. The van der Waals surface area contributed by atoms with Crippen molar-refractivity contribution in [3.8, 4) is 0 Å². The summed E-state index contributed by atoms with van der Waals surface area (Å²) in [6.45, 7) is 3.76. The van der Waals surface area contributed by atoms with Crippen LogP contribution in [0.5, 0.6) is 0 Å². The molecule has 1 aliphatic rings. The minimum atomic E-state index is -0.287. The van der Waals surface area contributed by atoms with Crippen molar-refractivity contribution in [1.82, 2.24) is 20.3 Å². The monoisotopic (exact) mass is 395 g/mol. The average Bonchev–Trinajstić information content (AvgIpc) is 2.98. The van der Waals surface area contributed by atoms with Crippen LogP contribution < -0.4 is 10.6 Å². The van der Waals surface area contributed by atoms with E-state index in [1.807, 2.05) is 13.0 Å². The Morgan fingerprint density at radius 1 is 1.36 bits per heavy atom. The molecule has 1 unspecified atom stereocenters. The predicted molar refractivity (Wildman–Crippen MR) is 100 cm³/mol. The molecule has 130 valence electrons. The Hall–Kier alpha value is -1.96. The van der Waals surface area contributed by atoms with Gasteiger partial charge in [-0.05, 0) is 19.4 Å². The third kappa shape index (κ3) is 4.36. The number of hydrogen-bond donors (Lipinski definition) is 2. The second-order valence-corrected chi connectivity index (χ2v) is 7.36. The second-order valence-electron chi connectivity index (χ2n) is 5.53. The van der Waals surface area contributed by atoms with E-state index in [0.29, 0.717) is 31.8 Å². The summed E-state index contributed by atoms with van der Waals surface area (Å²) in [6, 6.07) is 1.61. The number of nitrogens with one attached hydrogen (secondary N) is 2. The summed E-state index contributed by atoms with van der Waals surface area (Å²) in [5.74, 6) is 0.971. The van der Waals surface area contributed by atoms with Gasteiger partial charge in [-0.3, -0.25) is 4.79 Å². The van der Waals surface area contributed by atoms with Gasteiger partial charge in [0.15, 0.2) is 5.01 Å². The Morgan fingerprint density at radius 3 is 2.88 bits per heavy atom. The number of nitrogens with zero attached hydrogens (tertiary/aromatic N) is 3. The molecule has 0 spiro atoms. The number of halogens is 2. The molecule has 0 aromatic carbocycles. The van der Waals surface area contributed by atoms with Gasteiger partial charge in [-0.2, -0.15) is 0 Å². The summed E-state index contributed by atoms with van der Waals surface area (Å²) in [4.78, 5) is 24.8. The number of aryl methyl sites for hydroxylation is 1. The first kappa shape index (κ1) is 17.8. The van der Waals surface area contributed by atoms with Crippen LogP contribution in [-0.4, -0.2) is 20.9 Å². The Labute approximate surface area is 159 Å². The number of aromatic nitrogens is 3. The Kier molecular flexibility index (Phi) is 5.36. The van der Waals surface area contributed by atoms with Gasteiger partial charge >= 0.3 is 0 Å². The second kappa shape index (κ2) is 7.51. The highest BCUT2D eigenvalue weighted by atomic mass is 35.5. The van der Waals surface area contributed by atoms with Crippen molar-refractivity contribution in [1.29, 1.82) is 0 Å². The molecule has 0 saturated heterocycles. The third-order valence-corrected chi connectivity index (χ3v) is 4.94. The molecule has 2 N–H and O–H groups in total. The van der Waals surface area contributed by atoms with Crippen LogP contribution >= 0.6 is 34.5 Å². The predicted octanol–water partition coefficient (Wildman–Crippen LogP) is 4.41. The van der Waals surface area contributed by atoms with Gasteiger partial charge < -0.3 is 10.6 Å². The van der Waals surface area contributed by atoms with Gasteiger partial charge in [0.05, 0.1) is 11.2 Å². The highest BCUT2D eigenvalue weighted by Gasteiger charge is 2.20. The number of anilines is 2. The number of hydrogen-bond acceptors (Lipinski definition) is 6. The zero-order valence-corrected chi connectivity index (χ0v) is 15.8. The molecule has 1 atom stereocenters. The minimum Gasteiger partial charge on any atom is -0.330 e. The number of thiazole rings is 1. The van der Waals surface area contributed by atoms with Gasteiger partial charge in [-0.1, -0.05) is 47.5 Å². The lowest BCUT2D eigenvalue weighted by Gasteiger charge is -2.19. The van der Waals surface area contributed by atoms with Crippen molar-refractivity contribution in [3.63, 3.8) is 0 Å². The van der Waals surface area contributed by atoms with Crippen molar-refractivity contribution in [2.45, 2.75) is 20.3 Å². The van der Waals surface area contributed by atoms with E-state index >= 15 is 0 Å². The summed E-state index contributed by atoms with van der Waals surface area (Å²) < 4.78 is 0. The fourth-order valence-electron chi connectivity index (χ4n) is 2.34. The largest absolute Gasteiger partial charge is 0.330 e. The highest BCUT2D eigenvalue weighted by molar-refractivity contribution is 7.17. The number of carbonyl (C=O) groups is 1. The molecule has 2 aromatic rings. The normalized spacial score (nSPS) is 16.9. The molecule has 1 aliphatic carbocycles. The van der Waals surface area contributed by atoms with Crippen LogP contribution in [0.2, 0.25) is 5.15 Å². The first-order chi connectivity index (χ1) is 11.9. The van der Waals surface area contributed by atoms with E-state index in [0.717, 1.165) is 12.1 Å². The van der Waals surface area contributed by atoms with E-state index in [-0.39, 0.29) is 11.8 Å². The van der Waals surface area contributed by atoms with Crippen molar-refractivity contribution in [3.05, 3.63) is 51.1 Å². The number of amides is 1. The Balaban J connectivity index is 1.72. The van der Waals surface area contributed by atoms with Crippen LogP contribution in [0.1, 0.15) is 29.0 Å². The van der Waals surface area contributed by atoms with Crippen LogP contribution in [-0.2, 0) is 0 Å². The summed E-state index contributed by atoms with van der Waals surface area (Å²) in [7, 11) is 0. The van der Waals surface area contributed by atoms with E-state index in [9.17, 15) is 4.79 Å². The Bertz CT molecular complexity index is 857. The maximum atomic E-state index is 12.4. The molecular weight excluding hydrogens is 381 g/mol. The molecule has 0 fully saturated rings. The number of allylic oxidation sites excluding steroid dienone is 4. The summed E-state index contributed by atoms with van der Waals surface area (Å²) in [6.07, 6.45) is 6.20. The molecule has 0 aliphatic heterocycles. The van der Waals surface area contributed by atoms with Gasteiger partial charge in [-0.25, -0.2) is 15.0 Å². The molecule has 3 rings (SSSR count). The van der Waals surface area contributed by atoms with Crippen LogP contribution in [0.3, 0.4) is 0 Å². The first-order valence-corrected chi connectivity index (χ1v) is 9.11. The van der Waals surface area contributed by atoms with Crippen molar-refractivity contribution < 1.29 is 4.79 Å². The summed E-state index contributed by atoms with van der Waals surface area (Å²) in [5.41, 5.74) is 0.720. The van der Waals surface area contributed by atoms with E-state index in [1.54, 1.807) is 25.3 Å². The zero-order valence-electron chi connectivity index (χ0n) is 13.5. The maximum Gasteiger partial charge on any atom is 0.284 e. The van der Waals surface area contributed by atoms with E-state index < -0.39 is 0 Å². The van der Waals surface area contributed by atoms with E-state index in [4.69, 9.17) is 23.2 Å². The zero-order chi connectivity index (χ0) is 18.0. The van der Waals surface area contributed by atoms with Crippen LogP contribution in [0.25, 0.3) is 0 Å². The van der Waals surface area contributed by atoms with E-state index in [1.165, 1.54) is 11.3 Å².